The van der Waals surface area contributed by atoms with E-state index in [4.69, 9.17) is 0 Å². The smallest absolute Gasteiger partial charge is 0.252 e. The van der Waals surface area contributed by atoms with Gasteiger partial charge in [0.15, 0.2) is 14.6 Å². The van der Waals surface area contributed by atoms with Gasteiger partial charge in [-0.15, -0.1) is 6.58 Å². The molecule has 0 saturated carbocycles. The molecule has 0 aliphatic heterocycles. The molecular weight excluding hydrogens is 380 g/mol. The van der Waals surface area contributed by atoms with E-state index in [2.05, 4.69) is 11.6 Å². The molecule has 0 radical (unpaired) electrons. The zero-order valence-corrected chi connectivity index (χ0v) is 16.8. The molecule has 0 spiro atoms. The van der Waals surface area contributed by atoms with E-state index in [0.29, 0.717) is 11.3 Å². The van der Waals surface area contributed by atoms with E-state index in [1.165, 1.54) is 17.6 Å². The highest BCUT2D eigenvalue weighted by Gasteiger charge is 2.12. The average molecular weight is 401 g/mol. The van der Waals surface area contributed by atoms with Crippen LogP contribution in [0.5, 0.6) is 0 Å². The van der Waals surface area contributed by atoms with Gasteiger partial charge in [0.1, 0.15) is 0 Å². The van der Waals surface area contributed by atoms with E-state index in [-0.39, 0.29) is 17.2 Å². The summed E-state index contributed by atoms with van der Waals surface area (Å²) in [5, 5.41) is 0. The number of benzene rings is 2. The lowest BCUT2D eigenvalue weighted by molar-refractivity contribution is -0.117. The van der Waals surface area contributed by atoms with Crippen molar-refractivity contribution in [2.45, 2.75) is 24.8 Å². The van der Waals surface area contributed by atoms with Gasteiger partial charge >= 0.3 is 0 Å². The number of amides is 1. The summed E-state index contributed by atoms with van der Waals surface area (Å²) in [6, 6.07) is 12.7. The number of rotatable bonds is 5. The number of aryl methyl sites for hydroxylation is 1. The lowest BCUT2D eigenvalue weighted by Crippen LogP contribution is -2.17. The number of fused-ring (bicyclic) bond motifs is 1. The van der Waals surface area contributed by atoms with Crippen molar-refractivity contribution >= 4 is 37.3 Å². The lowest BCUT2D eigenvalue weighted by Gasteiger charge is -2.02. The van der Waals surface area contributed by atoms with Crippen LogP contribution in [0.15, 0.2) is 65.0 Å². The number of nitrogens with zero attached hydrogens (tertiary/aromatic N) is 2. The molecule has 1 aromatic heterocycles. The van der Waals surface area contributed by atoms with Crippen molar-refractivity contribution in [3.05, 3.63) is 71.0 Å². The molecule has 1 amide bonds. The number of thiazole rings is 1. The van der Waals surface area contributed by atoms with Crippen LogP contribution in [0.2, 0.25) is 0 Å². The van der Waals surface area contributed by atoms with Crippen LogP contribution in [0.1, 0.15) is 11.1 Å². The van der Waals surface area contributed by atoms with Gasteiger partial charge in [-0.2, -0.15) is 4.99 Å². The molecule has 0 saturated heterocycles. The van der Waals surface area contributed by atoms with Gasteiger partial charge in [0, 0.05) is 12.8 Å². The molecular formula is C20H20N2O3S2. The van der Waals surface area contributed by atoms with Crippen LogP contribution in [0.25, 0.3) is 10.2 Å². The zero-order chi connectivity index (χ0) is 19.6. The predicted molar refractivity (Wildman–Crippen MR) is 109 cm³/mol. The maximum absolute atomic E-state index is 12.5. The topological polar surface area (TPSA) is 68.5 Å². The third kappa shape index (κ3) is 4.43. The molecule has 0 atom stereocenters. The Bertz CT molecular complexity index is 1200. The summed E-state index contributed by atoms with van der Waals surface area (Å²) in [7, 11) is -3.30. The number of hydrogen-bond donors (Lipinski definition) is 0. The Balaban J connectivity index is 2.06. The Morgan fingerprint density at radius 1 is 1.26 bits per heavy atom. The summed E-state index contributed by atoms with van der Waals surface area (Å²) in [6.45, 7) is 6.22. The summed E-state index contributed by atoms with van der Waals surface area (Å²) in [5.41, 5.74) is 2.84. The van der Waals surface area contributed by atoms with Gasteiger partial charge in [-0.1, -0.05) is 47.2 Å². The van der Waals surface area contributed by atoms with Crippen LogP contribution in [0.3, 0.4) is 0 Å². The van der Waals surface area contributed by atoms with Crippen molar-refractivity contribution in [2.75, 3.05) is 6.26 Å². The largest absolute Gasteiger partial charge is 0.313 e. The molecule has 0 bridgehead atoms. The van der Waals surface area contributed by atoms with Crippen molar-refractivity contribution in [1.29, 1.82) is 0 Å². The van der Waals surface area contributed by atoms with Crippen molar-refractivity contribution in [1.82, 2.24) is 4.57 Å². The van der Waals surface area contributed by atoms with Gasteiger partial charge in [0.2, 0.25) is 0 Å². The Morgan fingerprint density at radius 2 is 2.04 bits per heavy atom. The van der Waals surface area contributed by atoms with Crippen molar-refractivity contribution in [3.63, 3.8) is 0 Å². The van der Waals surface area contributed by atoms with Gasteiger partial charge < -0.3 is 4.57 Å². The van der Waals surface area contributed by atoms with Gasteiger partial charge in [-0.3, -0.25) is 4.79 Å². The van der Waals surface area contributed by atoms with E-state index in [0.717, 1.165) is 21.3 Å². The van der Waals surface area contributed by atoms with Crippen molar-refractivity contribution in [3.8, 4) is 0 Å². The average Bonchev–Trinajstić information content (AvgIpc) is 2.91. The first-order valence-corrected chi connectivity index (χ1v) is 11.1. The van der Waals surface area contributed by atoms with Crippen LogP contribution >= 0.6 is 11.3 Å². The standard InChI is InChI=1S/C20H20N2O3S2/c1-4-10-22-17-9-8-16(27(3,24)25)13-18(17)26-20(22)21-19(23)12-15-7-5-6-14(2)11-15/h4-9,11,13H,1,10,12H2,2-3H3. The quantitative estimate of drug-likeness (QED) is 0.617. The highest BCUT2D eigenvalue weighted by molar-refractivity contribution is 7.90. The summed E-state index contributed by atoms with van der Waals surface area (Å²) in [6.07, 6.45) is 3.12. The van der Waals surface area contributed by atoms with E-state index >= 15 is 0 Å². The molecule has 3 aromatic rings. The number of carbonyl (C=O) groups is 1. The van der Waals surface area contributed by atoms with Crippen LogP contribution in [-0.4, -0.2) is 25.1 Å². The minimum absolute atomic E-state index is 0.221. The molecule has 7 heteroatoms. The Labute approximate surface area is 162 Å². The molecule has 0 aliphatic carbocycles. The molecule has 1 heterocycles. The summed E-state index contributed by atoms with van der Waals surface area (Å²) >= 11 is 1.30. The van der Waals surface area contributed by atoms with E-state index < -0.39 is 9.84 Å². The zero-order valence-electron chi connectivity index (χ0n) is 15.2. The Morgan fingerprint density at radius 3 is 2.70 bits per heavy atom. The van der Waals surface area contributed by atoms with Gasteiger partial charge in [0.05, 0.1) is 21.5 Å². The molecule has 2 aromatic carbocycles. The second-order valence-electron chi connectivity index (χ2n) is 6.36. The number of sulfone groups is 1. The number of allylic oxidation sites excluding steroid dienone is 1. The summed E-state index contributed by atoms with van der Waals surface area (Å²) in [4.78, 5) is 17.5. The van der Waals surface area contributed by atoms with Gasteiger partial charge in [0.25, 0.3) is 5.91 Å². The Hall–Kier alpha value is -2.51. The minimum Gasteiger partial charge on any atom is -0.313 e. The molecule has 140 valence electrons. The molecule has 5 nitrogen and oxygen atoms in total. The van der Waals surface area contributed by atoms with Crippen LogP contribution < -0.4 is 4.80 Å². The van der Waals surface area contributed by atoms with Crippen molar-refractivity contribution < 1.29 is 13.2 Å². The maximum Gasteiger partial charge on any atom is 0.252 e. The third-order valence-electron chi connectivity index (χ3n) is 4.05. The summed E-state index contributed by atoms with van der Waals surface area (Å²) < 4.78 is 26.2. The second-order valence-corrected chi connectivity index (χ2v) is 9.38. The number of aromatic nitrogens is 1. The lowest BCUT2D eigenvalue weighted by atomic mass is 10.1. The van der Waals surface area contributed by atoms with E-state index in [1.807, 2.05) is 35.8 Å². The van der Waals surface area contributed by atoms with Crippen LogP contribution in [0, 0.1) is 6.92 Å². The number of carbonyl (C=O) groups excluding carboxylic acids is 1. The molecule has 0 unspecified atom stereocenters. The van der Waals surface area contributed by atoms with Crippen molar-refractivity contribution in [2.24, 2.45) is 4.99 Å². The third-order valence-corrected chi connectivity index (χ3v) is 6.20. The molecule has 0 fully saturated rings. The fourth-order valence-corrected chi connectivity index (χ4v) is 4.64. The first kappa shape index (κ1) is 19.3. The normalized spacial score (nSPS) is 12.4. The van der Waals surface area contributed by atoms with Gasteiger partial charge in [-0.25, -0.2) is 8.42 Å². The summed E-state index contributed by atoms with van der Waals surface area (Å²) in [5.74, 6) is -0.242. The second kappa shape index (κ2) is 7.62. The first-order valence-electron chi connectivity index (χ1n) is 8.35. The fraction of sp³-hybridized carbons (Fsp3) is 0.200. The number of hydrogen-bond acceptors (Lipinski definition) is 4. The molecule has 0 aliphatic rings. The van der Waals surface area contributed by atoms with Crippen LogP contribution in [-0.2, 0) is 27.6 Å². The maximum atomic E-state index is 12.5. The highest BCUT2D eigenvalue weighted by atomic mass is 32.2. The highest BCUT2D eigenvalue weighted by Crippen LogP contribution is 2.22. The predicted octanol–water partition coefficient (Wildman–Crippen LogP) is 3.27. The van der Waals surface area contributed by atoms with E-state index in [1.54, 1.807) is 24.3 Å². The minimum atomic E-state index is -3.30. The SMILES string of the molecule is C=CCn1c(=NC(=O)Cc2cccc(C)c2)sc2cc(S(C)(=O)=O)ccc21. The monoisotopic (exact) mass is 400 g/mol. The molecule has 3 rings (SSSR count). The van der Waals surface area contributed by atoms with E-state index in [9.17, 15) is 13.2 Å². The van der Waals surface area contributed by atoms with Gasteiger partial charge in [-0.05, 0) is 30.7 Å². The van der Waals surface area contributed by atoms with Crippen LogP contribution in [0.4, 0.5) is 0 Å². The molecule has 0 N–H and O–H groups in total. The first-order chi connectivity index (χ1) is 12.8. The fourth-order valence-electron chi connectivity index (χ4n) is 2.82. The molecule has 27 heavy (non-hydrogen) atoms. The Kier molecular flexibility index (Phi) is 5.43.